The molecule has 2 heterocycles. The van der Waals surface area contributed by atoms with Crippen molar-refractivity contribution < 1.29 is 14.3 Å². The number of benzene rings is 2. The lowest BCUT2D eigenvalue weighted by molar-refractivity contribution is -0.116. The van der Waals surface area contributed by atoms with Crippen LogP contribution >= 0.6 is 0 Å². The quantitative estimate of drug-likeness (QED) is 0.351. The summed E-state index contributed by atoms with van der Waals surface area (Å²) in [4.78, 5) is 11.9. The highest BCUT2D eigenvalue weighted by Gasteiger charge is 2.10. The van der Waals surface area contributed by atoms with Gasteiger partial charge in [0.25, 0.3) is 0 Å². The average molecular weight is 415 g/mol. The minimum atomic E-state index is -0.184. The number of hydrogen-bond acceptors (Lipinski definition) is 6. The number of hydrogen-bond donors (Lipinski definition) is 1. The molecule has 0 unspecified atom stereocenters. The first-order valence-corrected chi connectivity index (χ1v) is 9.73. The molecular formula is C23H21N5O3. The summed E-state index contributed by atoms with van der Waals surface area (Å²) in [5.74, 6) is 1.59. The third-order valence-electron chi connectivity index (χ3n) is 4.46. The lowest BCUT2D eigenvalue weighted by Crippen LogP contribution is -2.26. The number of methoxy groups -OCH3 is 1. The van der Waals surface area contributed by atoms with Gasteiger partial charge in [0.2, 0.25) is 11.8 Å². The number of amides is 1. The predicted molar refractivity (Wildman–Crippen MR) is 117 cm³/mol. The Morgan fingerprint density at radius 2 is 1.84 bits per heavy atom. The normalized spacial score (nSPS) is 11.0. The lowest BCUT2D eigenvalue weighted by atomic mass is 10.2. The summed E-state index contributed by atoms with van der Waals surface area (Å²) in [6.07, 6.45) is 3.26. The van der Waals surface area contributed by atoms with Gasteiger partial charge in [-0.05, 0) is 42.0 Å². The fraction of sp³-hybridized carbons (Fsp3) is 0.130. The van der Waals surface area contributed by atoms with Crippen molar-refractivity contribution in [2.45, 2.75) is 0 Å². The van der Waals surface area contributed by atoms with Gasteiger partial charge in [-0.15, -0.1) is 15.3 Å². The highest BCUT2D eigenvalue weighted by molar-refractivity contribution is 5.91. The van der Waals surface area contributed by atoms with E-state index in [1.54, 1.807) is 29.8 Å². The van der Waals surface area contributed by atoms with Gasteiger partial charge in [-0.25, -0.2) is 0 Å². The van der Waals surface area contributed by atoms with Crippen LogP contribution < -0.4 is 14.8 Å². The van der Waals surface area contributed by atoms with Gasteiger partial charge in [0.05, 0.1) is 13.7 Å². The van der Waals surface area contributed by atoms with Gasteiger partial charge in [-0.2, -0.15) is 4.52 Å². The Morgan fingerprint density at radius 3 is 2.61 bits per heavy atom. The number of aromatic nitrogens is 4. The van der Waals surface area contributed by atoms with Gasteiger partial charge < -0.3 is 14.8 Å². The molecule has 0 aliphatic heterocycles. The monoisotopic (exact) mass is 415 g/mol. The fourth-order valence-electron chi connectivity index (χ4n) is 2.89. The summed E-state index contributed by atoms with van der Waals surface area (Å²) in [6.45, 7) is 0.634. The van der Waals surface area contributed by atoms with E-state index in [4.69, 9.17) is 9.47 Å². The van der Waals surface area contributed by atoms with Crippen LogP contribution in [-0.2, 0) is 4.79 Å². The predicted octanol–water partition coefficient (Wildman–Crippen LogP) is 3.01. The molecule has 1 amide bonds. The lowest BCUT2D eigenvalue weighted by Gasteiger charge is -2.07. The van der Waals surface area contributed by atoms with E-state index in [1.807, 2.05) is 54.6 Å². The van der Waals surface area contributed by atoms with Gasteiger partial charge in [0, 0.05) is 17.7 Å². The van der Waals surface area contributed by atoms with Gasteiger partial charge in [0.15, 0.2) is 11.5 Å². The van der Waals surface area contributed by atoms with Crippen molar-refractivity contribution in [1.29, 1.82) is 0 Å². The van der Waals surface area contributed by atoms with Gasteiger partial charge in [-0.3, -0.25) is 4.79 Å². The summed E-state index contributed by atoms with van der Waals surface area (Å²) in [6, 6.07) is 20.6. The van der Waals surface area contributed by atoms with Crippen LogP contribution in [0.2, 0.25) is 0 Å². The molecule has 0 bridgehead atoms. The highest BCUT2D eigenvalue weighted by Crippen LogP contribution is 2.21. The molecule has 0 radical (unpaired) electrons. The van der Waals surface area contributed by atoms with Crippen molar-refractivity contribution in [1.82, 2.24) is 25.1 Å². The largest absolute Gasteiger partial charge is 0.497 e. The molecule has 0 saturated carbocycles. The maximum absolute atomic E-state index is 11.9. The van der Waals surface area contributed by atoms with Crippen molar-refractivity contribution in [2.75, 3.05) is 20.3 Å². The summed E-state index contributed by atoms with van der Waals surface area (Å²) in [7, 11) is 1.62. The summed E-state index contributed by atoms with van der Waals surface area (Å²) in [5, 5.41) is 15.6. The van der Waals surface area contributed by atoms with Crippen molar-refractivity contribution in [3.8, 4) is 23.0 Å². The minimum absolute atomic E-state index is 0.184. The Morgan fingerprint density at radius 1 is 1.03 bits per heavy atom. The molecular weight excluding hydrogens is 394 g/mol. The highest BCUT2D eigenvalue weighted by atomic mass is 16.5. The SMILES string of the molecule is COc1ccc(-c2nnc3ccc(OCCNC(=O)/C=C/c4ccccc4)nn23)cc1. The number of carbonyl (C=O) groups excluding carboxylic acids is 1. The Labute approximate surface area is 179 Å². The molecule has 0 aliphatic carbocycles. The van der Waals surface area contributed by atoms with Crippen molar-refractivity contribution >= 4 is 17.6 Å². The number of rotatable bonds is 8. The number of nitrogens with zero attached hydrogens (tertiary/aromatic N) is 4. The number of nitrogens with one attached hydrogen (secondary N) is 1. The summed E-state index contributed by atoms with van der Waals surface area (Å²) in [5.41, 5.74) is 2.43. The first-order chi connectivity index (χ1) is 15.2. The van der Waals surface area contributed by atoms with Crippen LogP contribution in [0.15, 0.2) is 72.8 Å². The van der Waals surface area contributed by atoms with E-state index in [9.17, 15) is 4.79 Å². The third kappa shape index (κ3) is 5.05. The van der Waals surface area contributed by atoms with E-state index in [0.717, 1.165) is 16.9 Å². The molecule has 4 aromatic rings. The molecule has 1 N–H and O–H groups in total. The van der Waals surface area contributed by atoms with Gasteiger partial charge in [0.1, 0.15) is 12.4 Å². The van der Waals surface area contributed by atoms with Gasteiger partial charge >= 0.3 is 0 Å². The Kier molecular flexibility index (Phi) is 6.18. The topological polar surface area (TPSA) is 90.6 Å². The fourth-order valence-corrected chi connectivity index (χ4v) is 2.89. The molecule has 0 spiro atoms. The van der Waals surface area contributed by atoms with E-state index in [2.05, 4.69) is 20.6 Å². The second-order valence-corrected chi connectivity index (χ2v) is 6.58. The van der Waals surface area contributed by atoms with E-state index >= 15 is 0 Å². The zero-order chi connectivity index (χ0) is 21.5. The minimum Gasteiger partial charge on any atom is -0.497 e. The zero-order valence-corrected chi connectivity index (χ0v) is 16.9. The molecule has 2 aromatic heterocycles. The maximum Gasteiger partial charge on any atom is 0.244 e. The molecule has 4 rings (SSSR count). The first kappa shape index (κ1) is 20.1. The molecule has 0 atom stereocenters. The first-order valence-electron chi connectivity index (χ1n) is 9.73. The van der Waals surface area contributed by atoms with Crippen molar-refractivity contribution in [2.24, 2.45) is 0 Å². The second kappa shape index (κ2) is 9.53. The number of fused-ring (bicyclic) bond motifs is 1. The number of carbonyl (C=O) groups is 1. The second-order valence-electron chi connectivity index (χ2n) is 6.58. The van der Waals surface area contributed by atoms with Crippen LogP contribution in [0.4, 0.5) is 0 Å². The van der Waals surface area contributed by atoms with Crippen LogP contribution in [0.3, 0.4) is 0 Å². The molecule has 0 saturated heterocycles. The standard InChI is InChI=1S/C23H21N5O3/c1-30-19-10-8-18(9-11-19)23-26-25-20-12-14-22(27-28(20)23)31-16-15-24-21(29)13-7-17-5-3-2-4-6-17/h2-14H,15-16H2,1H3,(H,24,29)/b13-7+. The molecule has 156 valence electrons. The van der Waals surface area contributed by atoms with E-state index in [1.165, 1.54) is 6.08 Å². The van der Waals surface area contributed by atoms with Crippen molar-refractivity contribution in [3.05, 3.63) is 78.4 Å². The van der Waals surface area contributed by atoms with Crippen LogP contribution in [0.1, 0.15) is 5.56 Å². The van der Waals surface area contributed by atoms with Gasteiger partial charge in [-0.1, -0.05) is 30.3 Å². The zero-order valence-electron chi connectivity index (χ0n) is 16.9. The average Bonchev–Trinajstić information content (AvgIpc) is 3.24. The van der Waals surface area contributed by atoms with Crippen LogP contribution in [0.5, 0.6) is 11.6 Å². The summed E-state index contributed by atoms with van der Waals surface area (Å²) < 4.78 is 12.5. The maximum atomic E-state index is 11.9. The van der Waals surface area contributed by atoms with Crippen LogP contribution in [-0.4, -0.2) is 46.0 Å². The Balaban J connectivity index is 1.34. The summed E-state index contributed by atoms with van der Waals surface area (Å²) >= 11 is 0. The van der Waals surface area contributed by atoms with E-state index in [-0.39, 0.29) is 12.5 Å². The molecule has 8 heteroatoms. The van der Waals surface area contributed by atoms with E-state index in [0.29, 0.717) is 23.9 Å². The van der Waals surface area contributed by atoms with Crippen LogP contribution in [0.25, 0.3) is 23.1 Å². The number of ether oxygens (including phenoxy) is 2. The van der Waals surface area contributed by atoms with Crippen LogP contribution in [0, 0.1) is 0 Å². The third-order valence-corrected chi connectivity index (χ3v) is 4.46. The molecule has 0 fully saturated rings. The Bertz CT molecular complexity index is 1190. The molecule has 2 aromatic carbocycles. The Hall–Kier alpha value is -4.20. The smallest absolute Gasteiger partial charge is 0.244 e. The molecule has 8 nitrogen and oxygen atoms in total. The van der Waals surface area contributed by atoms with E-state index < -0.39 is 0 Å². The molecule has 31 heavy (non-hydrogen) atoms. The molecule has 0 aliphatic rings. The van der Waals surface area contributed by atoms with Crippen molar-refractivity contribution in [3.63, 3.8) is 0 Å².